The molecule has 0 bridgehead atoms. The van der Waals surface area contributed by atoms with Gasteiger partial charge in [0.1, 0.15) is 5.75 Å². The van der Waals surface area contributed by atoms with Gasteiger partial charge in [-0.15, -0.1) is 0 Å². The fourth-order valence-corrected chi connectivity index (χ4v) is 4.95. The molecular weight excluding hydrogens is 350 g/mol. The van der Waals surface area contributed by atoms with Gasteiger partial charge >= 0.3 is 0 Å². The van der Waals surface area contributed by atoms with Gasteiger partial charge in [0.15, 0.2) is 5.82 Å². The maximum atomic E-state index is 5.63. The minimum Gasteiger partial charge on any atom is -0.496 e. The zero-order valence-electron chi connectivity index (χ0n) is 16.1. The summed E-state index contributed by atoms with van der Waals surface area (Å²) in [5.74, 6) is 2.71. The lowest BCUT2D eigenvalue weighted by Gasteiger charge is -2.24. The maximum Gasteiger partial charge on any atom is 0.231 e. The van der Waals surface area contributed by atoms with E-state index < -0.39 is 0 Å². The van der Waals surface area contributed by atoms with Crippen molar-refractivity contribution < 1.29 is 9.26 Å². The zero-order valence-corrected chi connectivity index (χ0v) is 16.1. The first-order valence-corrected chi connectivity index (χ1v) is 10.1. The molecule has 2 aromatic carbocycles. The van der Waals surface area contributed by atoms with Crippen molar-refractivity contribution in [1.82, 2.24) is 15.0 Å². The number of methoxy groups -OCH3 is 1. The van der Waals surface area contributed by atoms with Crippen LogP contribution in [-0.4, -0.2) is 34.7 Å². The molecule has 144 valence electrons. The van der Waals surface area contributed by atoms with Crippen molar-refractivity contribution in [2.75, 3.05) is 13.7 Å². The maximum absolute atomic E-state index is 5.63. The van der Waals surface area contributed by atoms with Crippen LogP contribution in [0.2, 0.25) is 0 Å². The van der Waals surface area contributed by atoms with Gasteiger partial charge in [0.25, 0.3) is 0 Å². The molecular formula is C23H25N3O2. The SMILES string of the molecule is COc1ccccc1Cc1nc([C@H]2C[C@@H](c3ccccc3)N3CCC[C@H]23)no1. The van der Waals surface area contributed by atoms with Gasteiger partial charge in [-0.3, -0.25) is 4.90 Å². The van der Waals surface area contributed by atoms with Gasteiger partial charge in [0.2, 0.25) is 5.89 Å². The Morgan fingerprint density at radius 3 is 2.79 bits per heavy atom. The van der Waals surface area contributed by atoms with Crippen molar-refractivity contribution >= 4 is 0 Å². The Kier molecular flexibility index (Phi) is 4.61. The molecule has 2 aliphatic heterocycles. The number of fused-ring (bicyclic) bond motifs is 1. The largest absolute Gasteiger partial charge is 0.496 e. The fraction of sp³-hybridized carbons (Fsp3) is 0.391. The monoisotopic (exact) mass is 375 g/mol. The fourth-order valence-electron chi connectivity index (χ4n) is 4.95. The highest BCUT2D eigenvalue weighted by atomic mass is 16.5. The first-order valence-electron chi connectivity index (χ1n) is 10.1. The average Bonchev–Trinajstić information content (AvgIpc) is 3.46. The number of ether oxygens (including phenoxy) is 1. The molecule has 1 aromatic heterocycles. The molecule has 0 aliphatic carbocycles. The van der Waals surface area contributed by atoms with E-state index in [-0.39, 0.29) is 0 Å². The first kappa shape index (κ1) is 17.4. The molecule has 0 unspecified atom stereocenters. The molecule has 5 nitrogen and oxygen atoms in total. The lowest BCUT2D eigenvalue weighted by molar-refractivity contribution is 0.243. The number of nitrogens with zero attached hydrogens (tertiary/aromatic N) is 3. The van der Waals surface area contributed by atoms with Gasteiger partial charge in [0, 0.05) is 23.6 Å². The van der Waals surface area contributed by atoms with E-state index >= 15 is 0 Å². The summed E-state index contributed by atoms with van der Waals surface area (Å²) in [7, 11) is 1.69. The molecule has 3 heterocycles. The van der Waals surface area contributed by atoms with E-state index in [1.165, 1.54) is 18.4 Å². The Balaban J connectivity index is 1.38. The summed E-state index contributed by atoms with van der Waals surface area (Å²) < 4.78 is 11.1. The quantitative estimate of drug-likeness (QED) is 0.663. The number of benzene rings is 2. The van der Waals surface area contributed by atoms with Crippen LogP contribution in [0.15, 0.2) is 59.1 Å². The van der Waals surface area contributed by atoms with E-state index in [0.29, 0.717) is 30.3 Å². The predicted molar refractivity (Wildman–Crippen MR) is 106 cm³/mol. The number of hydrogen-bond acceptors (Lipinski definition) is 5. The lowest BCUT2D eigenvalue weighted by atomic mass is 9.94. The van der Waals surface area contributed by atoms with Crippen molar-refractivity contribution in [2.45, 2.75) is 43.7 Å². The minimum atomic E-state index is 0.336. The van der Waals surface area contributed by atoms with Gasteiger partial charge in [-0.2, -0.15) is 4.98 Å². The molecule has 0 N–H and O–H groups in total. The number of hydrogen-bond donors (Lipinski definition) is 0. The van der Waals surface area contributed by atoms with Gasteiger partial charge in [0.05, 0.1) is 13.5 Å². The molecule has 0 spiro atoms. The highest BCUT2D eigenvalue weighted by Gasteiger charge is 2.46. The molecule has 5 rings (SSSR count). The van der Waals surface area contributed by atoms with Gasteiger partial charge < -0.3 is 9.26 Å². The molecule has 0 radical (unpaired) electrons. The second kappa shape index (κ2) is 7.40. The van der Waals surface area contributed by atoms with Gasteiger partial charge in [-0.1, -0.05) is 53.7 Å². The highest BCUT2D eigenvalue weighted by molar-refractivity contribution is 5.35. The smallest absolute Gasteiger partial charge is 0.231 e. The molecule has 2 aliphatic rings. The van der Waals surface area contributed by atoms with Gasteiger partial charge in [-0.05, 0) is 37.4 Å². The summed E-state index contributed by atoms with van der Waals surface area (Å²) in [5, 5.41) is 4.38. The van der Waals surface area contributed by atoms with Crippen LogP contribution in [0.1, 0.15) is 54.1 Å². The summed E-state index contributed by atoms with van der Waals surface area (Å²) in [5.41, 5.74) is 2.46. The molecule has 3 aromatic rings. The normalized spacial score (nSPS) is 24.4. The van der Waals surface area contributed by atoms with Crippen LogP contribution in [0.4, 0.5) is 0 Å². The molecule has 2 fully saturated rings. The van der Waals surface area contributed by atoms with E-state index in [4.69, 9.17) is 14.2 Å². The van der Waals surface area contributed by atoms with Crippen molar-refractivity contribution in [3.63, 3.8) is 0 Å². The molecule has 0 saturated carbocycles. The summed E-state index contributed by atoms with van der Waals surface area (Å²) >= 11 is 0. The van der Waals surface area contributed by atoms with E-state index in [2.05, 4.69) is 40.4 Å². The standard InChI is InChI=1S/C23H25N3O2/c1-27-21-12-6-5-10-17(21)14-22-24-23(25-28-22)18-15-20(16-8-3-2-4-9-16)26-13-7-11-19(18)26/h2-6,8-10,12,18-20H,7,11,13-15H2,1H3/t18-,19+,20-/m0/s1. The van der Waals surface area contributed by atoms with E-state index in [9.17, 15) is 0 Å². The lowest BCUT2D eigenvalue weighted by Crippen LogP contribution is -2.27. The summed E-state index contributed by atoms with van der Waals surface area (Å²) in [4.78, 5) is 7.44. The third kappa shape index (κ3) is 3.10. The van der Waals surface area contributed by atoms with Crippen LogP contribution < -0.4 is 4.74 Å². The van der Waals surface area contributed by atoms with Crippen molar-refractivity contribution in [3.8, 4) is 5.75 Å². The summed E-state index contributed by atoms with van der Waals surface area (Å²) in [6.45, 7) is 1.16. The number of aromatic nitrogens is 2. The molecule has 5 heteroatoms. The van der Waals surface area contributed by atoms with Crippen molar-refractivity contribution in [2.24, 2.45) is 0 Å². The topological polar surface area (TPSA) is 51.4 Å². The number of rotatable bonds is 5. The first-order chi connectivity index (χ1) is 13.8. The second-order valence-corrected chi connectivity index (χ2v) is 7.75. The minimum absolute atomic E-state index is 0.336. The Morgan fingerprint density at radius 2 is 1.93 bits per heavy atom. The number of para-hydroxylation sites is 1. The van der Waals surface area contributed by atoms with E-state index in [1.54, 1.807) is 7.11 Å². The van der Waals surface area contributed by atoms with Crippen LogP contribution in [0.5, 0.6) is 5.75 Å². The van der Waals surface area contributed by atoms with Crippen LogP contribution in [0.3, 0.4) is 0 Å². The third-order valence-corrected chi connectivity index (χ3v) is 6.22. The van der Waals surface area contributed by atoms with E-state index in [1.807, 2.05) is 24.3 Å². The van der Waals surface area contributed by atoms with E-state index in [0.717, 1.165) is 30.1 Å². The molecule has 0 amide bonds. The van der Waals surface area contributed by atoms with Crippen LogP contribution >= 0.6 is 0 Å². The molecule has 3 atom stereocenters. The molecule has 2 saturated heterocycles. The average molecular weight is 375 g/mol. The zero-order chi connectivity index (χ0) is 18.9. The predicted octanol–water partition coefficient (Wildman–Crippen LogP) is 4.36. The van der Waals surface area contributed by atoms with Crippen LogP contribution in [0.25, 0.3) is 0 Å². The Bertz CT molecular complexity index is 940. The van der Waals surface area contributed by atoms with Crippen LogP contribution in [-0.2, 0) is 6.42 Å². The third-order valence-electron chi connectivity index (χ3n) is 6.22. The highest BCUT2D eigenvalue weighted by Crippen LogP contribution is 2.48. The Labute approximate surface area is 165 Å². The molecule has 28 heavy (non-hydrogen) atoms. The summed E-state index contributed by atoms with van der Waals surface area (Å²) in [6, 6.07) is 19.8. The second-order valence-electron chi connectivity index (χ2n) is 7.75. The van der Waals surface area contributed by atoms with Crippen molar-refractivity contribution in [3.05, 3.63) is 77.4 Å². The Hall–Kier alpha value is -2.66. The van der Waals surface area contributed by atoms with Gasteiger partial charge in [-0.25, -0.2) is 0 Å². The van der Waals surface area contributed by atoms with Crippen molar-refractivity contribution in [1.29, 1.82) is 0 Å². The summed E-state index contributed by atoms with van der Waals surface area (Å²) in [6.07, 6.45) is 4.11. The van der Waals surface area contributed by atoms with Crippen LogP contribution in [0, 0.1) is 0 Å². The Morgan fingerprint density at radius 1 is 1.11 bits per heavy atom.